The number of benzene rings is 1. The maximum Gasteiger partial charge on any atom is 0.159 e. The van der Waals surface area contributed by atoms with Crippen LogP contribution in [0.2, 0.25) is 0 Å². The number of carbonyl (C=O) groups excluding carboxylic acids is 1. The molecule has 0 bridgehead atoms. The molecule has 0 N–H and O–H groups in total. The highest BCUT2D eigenvalue weighted by molar-refractivity contribution is 8.00. The Morgan fingerprint density at radius 3 is 2.62 bits per heavy atom. The molecule has 0 aliphatic heterocycles. The number of rotatable bonds is 3. The van der Waals surface area contributed by atoms with Gasteiger partial charge in [0.15, 0.2) is 5.78 Å². The normalized spacial score (nSPS) is 19.7. The zero-order valence-electron chi connectivity index (χ0n) is 9.48. The third-order valence-corrected chi connectivity index (χ3v) is 4.00. The minimum Gasteiger partial charge on any atom is -0.295 e. The first-order chi connectivity index (χ1) is 7.75. The van der Waals surface area contributed by atoms with Crippen LogP contribution >= 0.6 is 11.8 Å². The number of allylic oxidation sites excluding steroid dienone is 1. The van der Waals surface area contributed by atoms with Gasteiger partial charge in [-0.1, -0.05) is 24.3 Å². The summed E-state index contributed by atoms with van der Waals surface area (Å²) in [7, 11) is 0. The number of ketones is 1. The highest BCUT2D eigenvalue weighted by atomic mass is 32.2. The zero-order valence-corrected chi connectivity index (χ0v) is 10.3. The van der Waals surface area contributed by atoms with Crippen LogP contribution in [0.1, 0.15) is 36.5 Å². The molecule has 0 heterocycles. The lowest BCUT2D eigenvalue weighted by Crippen LogP contribution is -2.01. The average molecular weight is 232 g/mol. The lowest BCUT2D eigenvalue weighted by molar-refractivity contribution is 0.101. The van der Waals surface area contributed by atoms with Crippen LogP contribution in [-0.4, -0.2) is 11.0 Å². The Balaban J connectivity index is 2.02. The fourth-order valence-corrected chi connectivity index (χ4v) is 2.94. The van der Waals surface area contributed by atoms with Gasteiger partial charge in [0.1, 0.15) is 0 Å². The SMILES string of the molecule is CC(=O)c1ccc(SC2C=CCCC2)cc1. The van der Waals surface area contributed by atoms with Crippen LogP contribution in [0.3, 0.4) is 0 Å². The van der Waals surface area contributed by atoms with E-state index in [4.69, 9.17) is 0 Å². The van der Waals surface area contributed by atoms with Gasteiger partial charge >= 0.3 is 0 Å². The van der Waals surface area contributed by atoms with Crippen LogP contribution in [-0.2, 0) is 0 Å². The van der Waals surface area contributed by atoms with E-state index in [1.54, 1.807) is 6.92 Å². The summed E-state index contributed by atoms with van der Waals surface area (Å²) in [5.41, 5.74) is 0.795. The summed E-state index contributed by atoms with van der Waals surface area (Å²) in [6.07, 6.45) is 8.34. The van der Waals surface area contributed by atoms with Crippen molar-refractivity contribution >= 4 is 17.5 Å². The maximum atomic E-state index is 11.1. The highest BCUT2D eigenvalue weighted by Crippen LogP contribution is 2.30. The van der Waals surface area contributed by atoms with Crippen LogP contribution in [0.25, 0.3) is 0 Å². The molecular weight excluding hydrogens is 216 g/mol. The first kappa shape index (κ1) is 11.5. The van der Waals surface area contributed by atoms with Gasteiger partial charge in [0.25, 0.3) is 0 Å². The first-order valence-electron chi connectivity index (χ1n) is 5.70. The molecule has 0 radical (unpaired) electrons. The quantitative estimate of drug-likeness (QED) is 0.576. The lowest BCUT2D eigenvalue weighted by Gasteiger charge is -2.15. The van der Waals surface area contributed by atoms with Crippen molar-refractivity contribution in [3.8, 4) is 0 Å². The van der Waals surface area contributed by atoms with Crippen molar-refractivity contribution < 1.29 is 4.79 Å². The third-order valence-electron chi connectivity index (χ3n) is 2.76. The fourth-order valence-electron chi connectivity index (χ4n) is 1.82. The molecule has 0 amide bonds. The Labute approximate surface area is 101 Å². The topological polar surface area (TPSA) is 17.1 Å². The Morgan fingerprint density at radius 2 is 2.06 bits per heavy atom. The summed E-state index contributed by atoms with van der Waals surface area (Å²) < 4.78 is 0. The summed E-state index contributed by atoms with van der Waals surface area (Å²) in [6, 6.07) is 7.92. The van der Waals surface area contributed by atoms with E-state index in [1.807, 2.05) is 36.0 Å². The van der Waals surface area contributed by atoms with Crippen molar-refractivity contribution in [3.05, 3.63) is 42.0 Å². The molecular formula is C14H16OS. The monoisotopic (exact) mass is 232 g/mol. The molecule has 84 valence electrons. The molecule has 1 nitrogen and oxygen atoms in total. The number of Topliss-reactive ketones (excluding diaryl/α,β-unsaturated/α-hetero) is 1. The number of carbonyl (C=O) groups is 1. The molecule has 1 aliphatic rings. The van der Waals surface area contributed by atoms with E-state index < -0.39 is 0 Å². The molecule has 0 saturated heterocycles. The van der Waals surface area contributed by atoms with Gasteiger partial charge in [-0.2, -0.15) is 0 Å². The van der Waals surface area contributed by atoms with Crippen LogP contribution in [0.4, 0.5) is 0 Å². The van der Waals surface area contributed by atoms with E-state index in [0.29, 0.717) is 5.25 Å². The van der Waals surface area contributed by atoms with Gasteiger partial charge in [-0.15, -0.1) is 11.8 Å². The van der Waals surface area contributed by atoms with Gasteiger partial charge in [0, 0.05) is 15.7 Å². The number of hydrogen-bond donors (Lipinski definition) is 0. The van der Waals surface area contributed by atoms with Crippen molar-refractivity contribution in [2.45, 2.75) is 36.3 Å². The van der Waals surface area contributed by atoms with Crippen molar-refractivity contribution in [1.82, 2.24) is 0 Å². The lowest BCUT2D eigenvalue weighted by atomic mass is 10.1. The van der Waals surface area contributed by atoms with Crippen molar-refractivity contribution in [1.29, 1.82) is 0 Å². The average Bonchev–Trinajstić information content (AvgIpc) is 2.31. The molecule has 1 aromatic rings. The van der Waals surface area contributed by atoms with E-state index >= 15 is 0 Å². The van der Waals surface area contributed by atoms with E-state index in [1.165, 1.54) is 24.2 Å². The fraction of sp³-hybridized carbons (Fsp3) is 0.357. The molecule has 1 aromatic carbocycles. The second-order valence-corrected chi connectivity index (χ2v) is 5.41. The molecule has 0 spiro atoms. The second kappa shape index (κ2) is 5.35. The van der Waals surface area contributed by atoms with Gasteiger partial charge in [-0.3, -0.25) is 4.79 Å². The van der Waals surface area contributed by atoms with Crippen molar-refractivity contribution in [2.24, 2.45) is 0 Å². The molecule has 2 rings (SSSR count). The molecule has 16 heavy (non-hydrogen) atoms. The summed E-state index contributed by atoms with van der Waals surface area (Å²) in [4.78, 5) is 12.4. The Hall–Kier alpha value is -1.02. The minimum atomic E-state index is 0.133. The van der Waals surface area contributed by atoms with Gasteiger partial charge in [-0.25, -0.2) is 0 Å². The van der Waals surface area contributed by atoms with Crippen molar-refractivity contribution in [3.63, 3.8) is 0 Å². The largest absolute Gasteiger partial charge is 0.295 e. The standard InChI is InChI=1S/C14H16OS/c1-11(15)12-7-9-14(10-8-12)16-13-5-3-2-4-6-13/h3,5,7-10,13H,2,4,6H2,1H3. The highest BCUT2D eigenvalue weighted by Gasteiger charge is 2.09. The predicted octanol–water partition coefficient (Wildman–Crippen LogP) is 4.09. The van der Waals surface area contributed by atoms with E-state index in [-0.39, 0.29) is 5.78 Å². The summed E-state index contributed by atoms with van der Waals surface area (Å²) >= 11 is 1.89. The molecule has 0 aromatic heterocycles. The molecule has 0 saturated carbocycles. The molecule has 1 unspecified atom stereocenters. The van der Waals surface area contributed by atoms with Gasteiger partial charge < -0.3 is 0 Å². The van der Waals surface area contributed by atoms with Crippen LogP contribution in [0.15, 0.2) is 41.3 Å². The predicted molar refractivity (Wildman–Crippen MR) is 69.1 cm³/mol. The van der Waals surface area contributed by atoms with E-state index in [2.05, 4.69) is 12.2 Å². The minimum absolute atomic E-state index is 0.133. The van der Waals surface area contributed by atoms with Crippen LogP contribution < -0.4 is 0 Å². The van der Waals surface area contributed by atoms with E-state index in [9.17, 15) is 4.79 Å². The number of hydrogen-bond acceptors (Lipinski definition) is 2. The third kappa shape index (κ3) is 2.99. The molecule has 0 fully saturated rings. The Kier molecular flexibility index (Phi) is 3.83. The molecule has 1 atom stereocenters. The Bertz CT molecular complexity index is 392. The summed E-state index contributed by atoms with van der Waals surface area (Å²) in [6.45, 7) is 1.60. The van der Waals surface area contributed by atoms with Gasteiger partial charge in [0.05, 0.1) is 0 Å². The molecule has 2 heteroatoms. The Morgan fingerprint density at radius 1 is 1.31 bits per heavy atom. The molecule has 1 aliphatic carbocycles. The summed E-state index contributed by atoms with van der Waals surface area (Å²) in [5, 5.41) is 0.608. The van der Waals surface area contributed by atoms with Crippen LogP contribution in [0.5, 0.6) is 0 Å². The van der Waals surface area contributed by atoms with E-state index in [0.717, 1.165) is 5.56 Å². The van der Waals surface area contributed by atoms with Crippen LogP contribution in [0, 0.1) is 0 Å². The summed E-state index contributed by atoms with van der Waals surface area (Å²) in [5.74, 6) is 0.133. The van der Waals surface area contributed by atoms with Crippen molar-refractivity contribution in [2.75, 3.05) is 0 Å². The second-order valence-electron chi connectivity index (χ2n) is 4.10. The maximum absolute atomic E-state index is 11.1. The smallest absolute Gasteiger partial charge is 0.159 e. The van der Waals surface area contributed by atoms with Gasteiger partial charge in [-0.05, 0) is 38.3 Å². The van der Waals surface area contributed by atoms with Gasteiger partial charge in [0.2, 0.25) is 0 Å². The number of thioether (sulfide) groups is 1. The first-order valence-corrected chi connectivity index (χ1v) is 6.58. The zero-order chi connectivity index (χ0) is 11.4.